The second-order valence-corrected chi connectivity index (χ2v) is 10.1. The third kappa shape index (κ3) is 3.59. The summed E-state index contributed by atoms with van der Waals surface area (Å²) in [4.78, 5) is 4.39. The Labute approximate surface area is 223 Å². The minimum Gasteiger partial charge on any atom is -0.262 e. The first-order valence-electron chi connectivity index (χ1n) is 13.1. The molecule has 0 atom stereocenters. The van der Waals surface area contributed by atoms with Gasteiger partial charge in [0.05, 0.1) is 0 Å². The lowest BCUT2D eigenvalue weighted by molar-refractivity contribution is 1.20. The van der Waals surface area contributed by atoms with Crippen LogP contribution in [0, 0.1) is 13.8 Å². The molecule has 0 saturated heterocycles. The lowest BCUT2D eigenvalue weighted by Crippen LogP contribution is -1.92. The van der Waals surface area contributed by atoms with Crippen LogP contribution in [0.3, 0.4) is 0 Å². The van der Waals surface area contributed by atoms with E-state index in [1.807, 2.05) is 13.1 Å². The van der Waals surface area contributed by atoms with Crippen molar-refractivity contribution in [3.63, 3.8) is 0 Å². The molecule has 180 valence electrons. The molecule has 6 aromatic carbocycles. The summed E-state index contributed by atoms with van der Waals surface area (Å²) >= 11 is 0. The zero-order valence-electron chi connectivity index (χ0n) is 21.6. The van der Waals surface area contributed by atoms with Crippen LogP contribution in [0.1, 0.15) is 11.3 Å². The molecular formula is C37H27N. The fraction of sp³-hybridized carbons (Fsp3) is 0.0541. The van der Waals surface area contributed by atoms with Crippen LogP contribution in [0.15, 0.2) is 128 Å². The molecule has 0 amide bonds. The Morgan fingerprint density at radius 1 is 0.421 bits per heavy atom. The summed E-state index contributed by atoms with van der Waals surface area (Å²) in [5.41, 5.74) is 9.82. The summed E-state index contributed by atoms with van der Waals surface area (Å²) in [6.45, 7) is 4.24. The molecule has 1 heteroatoms. The number of fused-ring (bicyclic) bond motifs is 3. The lowest BCUT2D eigenvalue weighted by atomic mass is 9.84. The Morgan fingerprint density at radius 2 is 0.974 bits per heavy atom. The molecule has 0 aliphatic heterocycles. The Balaban J connectivity index is 1.58. The predicted octanol–water partition coefficient (Wildman–Crippen LogP) is 10.2. The third-order valence-corrected chi connectivity index (χ3v) is 7.72. The summed E-state index contributed by atoms with van der Waals surface area (Å²) < 4.78 is 0. The molecule has 0 radical (unpaired) electrons. The van der Waals surface area contributed by atoms with Crippen molar-refractivity contribution in [1.82, 2.24) is 4.98 Å². The Kier molecular flexibility index (Phi) is 5.30. The highest BCUT2D eigenvalue weighted by Crippen LogP contribution is 2.45. The zero-order valence-corrected chi connectivity index (χ0v) is 21.6. The molecule has 0 fully saturated rings. The maximum Gasteiger partial charge on any atom is 0.0378 e. The summed E-state index contributed by atoms with van der Waals surface area (Å²) in [7, 11) is 0. The highest BCUT2D eigenvalue weighted by atomic mass is 14.6. The maximum absolute atomic E-state index is 4.39. The van der Waals surface area contributed by atoms with Crippen LogP contribution in [0.25, 0.3) is 65.7 Å². The number of benzene rings is 6. The SMILES string of the molecule is Cc1cc(-c2cccc(-c3c4ccccc4c(-c4ccc(C)c5ccccc45)c4ccccc34)c2)ccn1. The molecule has 1 aromatic heterocycles. The van der Waals surface area contributed by atoms with Gasteiger partial charge in [-0.2, -0.15) is 0 Å². The van der Waals surface area contributed by atoms with Crippen molar-refractivity contribution in [2.75, 3.05) is 0 Å². The van der Waals surface area contributed by atoms with E-state index in [2.05, 4.69) is 133 Å². The van der Waals surface area contributed by atoms with Gasteiger partial charge in [0.1, 0.15) is 0 Å². The molecule has 1 nitrogen and oxygen atoms in total. The van der Waals surface area contributed by atoms with Crippen molar-refractivity contribution in [3.05, 3.63) is 139 Å². The molecule has 7 aromatic rings. The van der Waals surface area contributed by atoms with Crippen molar-refractivity contribution in [3.8, 4) is 33.4 Å². The molecule has 0 saturated carbocycles. The van der Waals surface area contributed by atoms with Crippen molar-refractivity contribution in [2.24, 2.45) is 0 Å². The van der Waals surface area contributed by atoms with Crippen molar-refractivity contribution < 1.29 is 0 Å². The largest absolute Gasteiger partial charge is 0.262 e. The number of nitrogens with zero attached hydrogens (tertiary/aromatic N) is 1. The van der Waals surface area contributed by atoms with Gasteiger partial charge in [-0.05, 0) is 103 Å². The van der Waals surface area contributed by atoms with E-state index in [0.29, 0.717) is 0 Å². The van der Waals surface area contributed by atoms with Gasteiger partial charge in [0, 0.05) is 11.9 Å². The summed E-state index contributed by atoms with van der Waals surface area (Å²) in [6, 6.07) is 44.3. The van der Waals surface area contributed by atoms with E-state index in [1.54, 1.807) is 0 Å². The van der Waals surface area contributed by atoms with Crippen molar-refractivity contribution >= 4 is 32.3 Å². The van der Waals surface area contributed by atoms with Crippen LogP contribution in [0.5, 0.6) is 0 Å². The molecule has 7 rings (SSSR count). The minimum absolute atomic E-state index is 1.03. The van der Waals surface area contributed by atoms with Crippen LogP contribution in [0.4, 0.5) is 0 Å². The smallest absolute Gasteiger partial charge is 0.0378 e. The fourth-order valence-electron chi connectivity index (χ4n) is 5.98. The molecule has 0 spiro atoms. The normalized spacial score (nSPS) is 11.4. The van der Waals surface area contributed by atoms with Crippen LogP contribution in [0.2, 0.25) is 0 Å². The third-order valence-electron chi connectivity index (χ3n) is 7.72. The topological polar surface area (TPSA) is 12.9 Å². The number of aryl methyl sites for hydroxylation is 2. The standard InChI is InChI=1S/C37H27N/c1-24-18-19-35(30-13-4-3-12-29(24)30)37-33-16-7-5-14-31(33)36(32-15-6-8-17-34(32)37)28-11-9-10-26(23-28)27-20-21-38-25(2)22-27/h3-23H,1-2H3. The van der Waals surface area contributed by atoms with E-state index in [1.165, 1.54) is 71.3 Å². The fourth-order valence-corrected chi connectivity index (χ4v) is 5.98. The first-order valence-corrected chi connectivity index (χ1v) is 13.1. The molecule has 0 bridgehead atoms. The average molecular weight is 486 g/mol. The van der Waals surface area contributed by atoms with Crippen LogP contribution in [-0.2, 0) is 0 Å². The second-order valence-electron chi connectivity index (χ2n) is 10.1. The van der Waals surface area contributed by atoms with E-state index in [9.17, 15) is 0 Å². The number of hydrogen-bond donors (Lipinski definition) is 0. The van der Waals surface area contributed by atoms with Gasteiger partial charge < -0.3 is 0 Å². The first kappa shape index (κ1) is 22.4. The van der Waals surface area contributed by atoms with Gasteiger partial charge in [-0.15, -0.1) is 0 Å². The van der Waals surface area contributed by atoms with Gasteiger partial charge in [-0.3, -0.25) is 4.98 Å². The van der Waals surface area contributed by atoms with E-state index >= 15 is 0 Å². The van der Waals surface area contributed by atoms with E-state index < -0.39 is 0 Å². The Morgan fingerprint density at radius 3 is 1.63 bits per heavy atom. The van der Waals surface area contributed by atoms with Crippen molar-refractivity contribution in [2.45, 2.75) is 13.8 Å². The number of hydrogen-bond acceptors (Lipinski definition) is 1. The number of pyridine rings is 1. The van der Waals surface area contributed by atoms with E-state index in [4.69, 9.17) is 0 Å². The van der Waals surface area contributed by atoms with Crippen molar-refractivity contribution in [1.29, 1.82) is 0 Å². The van der Waals surface area contributed by atoms with Gasteiger partial charge in [0.25, 0.3) is 0 Å². The molecule has 38 heavy (non-hydrogen) atoms. The van der Waals surface area contributed by atoms with E-state index in [0.717, 1.165) is 5.69 Å². The quantitative estimate of drug-likeness (QED) is 0.227. The van der Waals surface area contributed by atoms with Gasteiger partial charge in [0.15, 0.2) is 0 Å². The summed E-state index contributed by atoms with van der Waals surface area (Å²) in [5, 5.41) is 7.71. The molecule has 0 aliphatic rings. The second kappa shape index (κ2) is 8.97. The highest BCUT2D eigenvalue weighted by molar-refractivity contribution is 6.23. The van der Waals surface area contributed by atoms with E-state index in [-0.39, 0.29) is 0 Å². The van der Waals surface area contributed by atoms with Gasteiger partial charge in [0.2, 0.25) is 0 Å². The minimum atomic E-state index is 1.03. The molecule has 0 unspecified atom stereocenters. The van der Waals surface area contributed by atoms with Crippen LogP contribution in [-0.4, -0.2) is 4.98 Å². The number of rotatable bonds is 3. The Hall–Kier alpha value is -4.75. The predicted molar refractivity (Wildman–Crippen MR) is 163 cm³/mol. The van der Waals surface area contributed by atoms with Gasteiger partial charge in [-0.1, -0.05) is 103 Å². The molecule has 0 aliphatic carbocycles. The van der Waals surface area contributed by atoms with Crippen LogP contribution < -0.4 is 0 Å². The molecular weight excluding hydrogens is 458 g/mol. The summed E-state index contributed by atoms with van der Waals surface area (Å²) in [6.07, 6.45) is 1.89. The van der Waals surface area contributed by atoms with Gasteiger partial charge in [-0.25, -0.2) is 0 Å². The zero-order chi connectivity index (χ0) is 25.6. The molecule has 0 N–H and O–H groups in total. The maximum atomic E-state index is 4.39. The van der Waals surface area contributed by atoms with Crippen LogP contribution >= 0.6 is 0 Å². The lowest BCUT2D eigenvalue weighted by Gasteiger charge is -2.19. The first-order chi connectivity index (χ1) is 18.7. The number of aromatic nitrogens is 1. The van der Waals surface area contributed by atoms with Gasteiger partial charge >= 0.3 is 0 Å². The average Bonchev–Trinajstić information content (AvgIpc) is 2.97. The highest BCUT2D eigenvalue weighted by Gasteiger charge is 2.18. The monoisotopic (exact) mass is 485 g/mol. The Bertz CT molecular complexity index is 1940. The summed E-state index contributed by atoms with van der Waals surface area (Å²) in [5.74, 6) is 0. The molecule has 1 heterocycles.